The lowest BCUT2D eigenvalue weighted by Crippen LogP contribution is -2.39. The molecule has 6 nitrogen and oxygen atoms in total. The highest BCUT2D eigenvalue weighted by Gasteiger charge is 2.32. The molecule has 0 aliphatic carbocycles. The molecule has 0 saturated carbocycles. The van der Waals surface area contributed by atoms with Gasteiger partial charge in [-0.05, 0) is 64.5 Å². The van der Waals surface area contributed by atoms with Crippen molar-refractivity contribution in [1.29, 1.82) is 0 Å². The number of aryl methyl sites for hydroxylation is 1. The summed E-state index contributed by atoms with van der Waals surface area (Å²) >= 11 is 0. The van der Waals surface area contributed by atoms with Crippen molar-refractivity contribution in [3.05, 3.63) is 54.7 Å². The summed E-state index contributed by atoms with van der Waals surface area (Å²) < 4.78 is 29.0. The third kappa shape index (κ3) is 5.81. The van der Waals surface area contributed by atoms with E-state index in [-0.39, 0.29) is 23.2 Å². The third-order valence-electron chi connectivity index (χ3n) is 7.33. The number of aromatic nitrogens is 1. The van der Waals surface area contributed by atoms with E-state index < -0.39 is 10.0 Å². The van der Waals surface area contributed by atoms with Crippen LogP contribution in [-0.4, -0.2) is 31.7 Å². The Morgan fingerprint density at radius 3 is 2.26 bits per heavy atom. The van der Waals surface area contributed by atoms with Gasteiger partial charge < -0.3 is 10.3 Å². The minimum atomic E-state index is -3.47. The van der Waals surface area contributed by atoms with E-state index in [1.165, 1.54) is 15.9 Å². The summed E-state index contributed by atoms with van der Waals surface area (Å²) in [4.78, 5) is 11.3. The molecule has 7 heteroatoms. The number of hydrogen-bond donors (Lipinski definition) is 1. The van der Waals surface area contributed by atoms with Crippen LogP contribution >= 0.6 is 0 Å². The average Bonchev–Trinajstić information content (AvgIpc) is 3.15. The lowest BCUT2D eigenvalue weighted by atomic mass is 9.71. The largest absolute Gasteiger partial charge is 0.370 e. The minimum Gasteiger partial charge on any atom is -0.370 e. The molecule has 0 aliphatic rings. The molecular weight excluding hydrogens is 446 g/mol. The van der Waals surface area contributed by atoms with Gasteiger partial charge in [0, 0.05) is 31.7 Å². The van der Waals surface area contributed by atoms with Crippen molar-refractivity contribution >= 4 is 32.5 Å². The standard InChI is InChI=1S/C27H37N3O3S/c1-19(20(2)27(3,4)15-13-26(28)31)18-30(34(6,32)33)24-11-9-21(10-12-24)23-8-7-22-14-16-29(5)25(22)17-23/h7-12,14,16-17,19-20H,13,15,18H2,1-6H3,(H2,28,31). The second kappa shape index (κ2) is 9.82. The molecule has 3 rings (SSSR count). The zero-order chi connectivity index (χ0) is 25.3. The van der Waals surface area contributed by atoms with Crippen molar-refractivity contribution in [2.45, 2.75) is 40.5 Å². The Balaban J connectivity index is 1.82. The normalized spacial score (nSPS) is 14.2. The lowest BCUT2D eigenvalue weighted by molar-refractivity contribution is -0.118. The summed E-state index contributed by atoms with van der Waals surface area (Å²) in [6.07, 6.45) is 4.29. The smallest absolute Gasteiger partial charge is 0.232 e. The molecule has 0 radical (unpaired) electrons. The quantitative estimate of drug-likeness (QED) is 0.431. The fourth-order valence-corrected chi connectivity index (χ4v) is 5.57. The fraction of sp³-hybridized carbons (Fsp3) is 0.444. The predicted molar refractivity (Wildman–Crippen MR) is 141 cm³/mol. The van der Waals surface area contributed by atoms with Gasteiger partial charge in [-0.15, -0.1) is 0 Å². The molecule has 2 N–H and O–H groups in total. The summed E-state index contributed by atoms with van der Waals surface area (Å²) in [6, 6.07) is 16.1. The first-order chi connectivity index (χ1) is 15.8. The van der Waals surface area contributed by atoms with E-state index in [9.17, 15) is 13.2 Å². The maximum Gasteiger partial charge on any atom is 0.232 e. The second-order valence-corrected chi connectivity index (χ2v) is 12.2. The van der Waals surface area contributed by atoms with Crippen LogP contribution in [0.25, 0.3) is 22.0 Å². The number of primary amides is 1. The van der Waals surface area contributed by atoms with Crippen LogP contribution in [0.15, 0.2) is 54.7 Å². The Morgan fingerprint density at radius 2 is 1.68 bits per heavy atom. The Labute approximate surface area is 203 Å². The van der Waals surface area contributed by atoms with Crippen LogP contribution in [0.4, 0.5) is 5.69 Å². The van der Waals surface area contributed by atoms with E-state index in [0.29, 0.717) is 25.1 Å². The second-order valence-electron chi connectivity index (χ2n) is 10.3. The number of sulfonamides is 1. The summed E-state index contributed by atoms with van der Waals surface area (Å²) in [5, 5.41) is 1.19. The van der Waals surface area contributed by atoms with Crippen molar-refractivity contribution in [3.8, 4) is 11.1 Å². The van der Waals surface area contributed by atoms with Gasteiger partial charge in [0.25, 0.3) is 0 Å². The van der Waals surface area contributed by atoms with Crippen molar-refractivity contribution < 1.29 is 13.2 Å². The van der Waals surface area contributed by atoms with Crippen molar-refractivity contribution in [3.63, 3.8) is 0 Å². The number of rotatable bonds is 10. The Kier molecular flexibility index (Phi) is 7.46. The number of anilines is 1. The van der Waals surface area contributed by atoms with Gasteiger partial charge in [0.2, 0.25) is 15.9 Å². The predicted octanol–water partition coefficient (Wildman–Crippen LogP) is 5.18. The monoisotopic (exact) mass is 483 g/mol. The summed E-state index contributed by atoms with van der Waals surface area (Å²) in [5.41, 5.74) is 9.13. The van der Waals surface area contributed by atoms with Crippen LogP contribution < -0.4 is 10.0 Å². The van der Waals surface area contributed by atoms with Gasteiger partial charge in [-0.25, -0.2) is 8.42 Å². The van der Waals surface area contributed by atoms with E-state index >= 15 is 0 Å². The zero-order valence-corrected chi connectivity index (χ0v) is 21.9. The first-order valence-electron chi connectivity index (χ1n) is 11.7. The number of fused-ring (bicyclic) bond motifs is 1. The highest BCUT2D eigenvalue weighted by atomic mass is 32.2. The molecule has 2 aromatic carbocycles. The maximum absolute atomic E-state index is 12.7. The number of carbonyl (C=O) groups excluding carboxylic acids is 1. The van der Waals surface area contributed by atoms with Gasteiger partial charge in [-0.3, -0.25) is 9.10 Å². The highest BCUT2D eigenvalue weighted by molar-refractivity contribution is 7.92. The van der Waals surface area contributed by atoms with E-state index in [0.717, 1.165) is 16.6 Å². The highest BCUT2D eigenvalue weighted by Crippen LogP contribution is 2.38. The molecule has 184 valence electrons. The number of hydrogen-bond acceptors (Lipinski definition) is 3. The first kappa shape index (κ1) is 25.8. The minimum absolute atomic E-state index is 0.0806. The van der Waals surface area contributed by atoms with E-state index in [1.807, 2.05) is 37.5 Å². The van der Waals surface area contributed by atoms with Crippen LogP contribution in [0.5, 0.6) is 0 Å². The van der Waals surface area contributed by atoms with Crippen LogP contribution in [0, 0.1) is 17.3 Å². The van der Waals surface area contributed by atoms with Crippen molar-refractivity contribution in [2.75, 3.05) is 17.1 Å². The van der Waals surface area contributed by atoms with Gasteiger partial charge in [-0.2, -0.15) is 0 Å². The average molecular weight is 484 g/mol. The topological polar surface area (TPSA) is 85.4 Å². The van der Waals surface area contributed by atoms with Crippen molar-refractivity contribution in [1.82, 2.24) is 4.57 Å². The Morgan fingerprint density at radius 1 is 1.06 bits per heavy atom. The van der Waals surface area contributed by atoms with Crippen molar-refractivity contribution in [2.24, 2.45) is 30.0 Å². The maximum atomic E-state index is 12.7. The Bertz CT molecular complexity index is 1260. The molecule has 0 saturated heterocycles. The molecule has 0 fully saturated rings. The molecular formula is C27H37N3O3S. The molecule has 0 aliphatic heterocycles. The summed E-state index contributed by atoms with van der Waals surface area (Å²) in [6.45, 7) is 8.78. The molecule has 1 heterocycles. The Hall–Kier alpha value is -2.80. The molecule has 0 spiro atoms. The zero-order valence-electron chi connectivity index (χ0n) is 21.1. The molecule has 3 aromatic rings. The number of benzene rings is 2. The van der Waals surface area contributed by atoms with Crippen LogP contribution in [0.1, 0.15) is 40.5 Å². The van der Waals surface area contributed by atoms with Crippen LogP contribution in [0.3, 0.4) is 0 Å². The van der Waals surface area contributed by atoms with Crippen LogP contribution in [-0.2, 0) is 21.9 Å². The first-order valence-corrected chi connectivity index (χ1v) is 13.6. The SMILES string of the molecule is CC(CN(c1ccc(-c2ccc3ccn(C)c3c2)cc1)S(C)(=O)=O)C(C)C(C)(C)CCC(N)=O. The van der Waals surface area contributed by atoms with E-state index in [4.69, 9.17) is 5.73 Å². The molecule has 0 bridgehead atoms. The number of amides is 1. The molecule has 1 aromatic heterocycles. The molecule has 1 amide bonds. The molecule has 2 unspecified atom stereocenters. The van der Waals surface area contributed by atoms with Gasteiger partial charge >= 0.3 is 0 Å². The lowest BCUT2D eigenvalue weighted by Gasteiger charge is -2.38. The summed E-state index contributed by atoms with van der Waals surface area (Å²) in [5.74, 6) is -0.0403. The summed E-state index contributed by atoms with van der Waals surface area (Å²) in [7, 11) is -1.44. The van der Waals surface area contributed by atoms with Gasteiger partial charge in [0.1, 0.15) is 0 Å². The number of nitrogens with zero attached hydrogens (tertiary/aromatic N) is 2. The van der Waals surface area contributed by atoms with Gasteiger partial charge in [0.05, 0.1) is 11.9 Å². The van der Waals surface area contributed by atoms with E-state index in [2.05, 4.69) is 56.5 Å². The third-order valence-corrected chi connectivity index (χ3v) is 8.49. The molecule has 34 heavy (non-hydrogen) atoms. The van der Waals surface area contributed by atoms with Crippen LogP contribution in [0.2, 0.25) is 0 Å². The van der Waals surface area contributed by atoms with Gasteiger partial charge in [-0.1, -0.05) is 52.0 Å². The van der Waals surface area contributed by atoms with E-state index in [1.54, 1.807) is 0 Å². The number of carbonyl (C=O) groups is 1. The fourth-order valence-electron chi connectivity index (χ4n) is 4.56. The number of nitrogens with two attached hydrogens (primary N) is 1. The molecule has 2 atom stereocenters. The van der Waals surface area contributed by atoms with Gasteiger partial charge in [0.15, 0.2) is 0 Å².